The van der Waals surface area contributed by atoms with E-state index in [0.29, 0.717) is 11.5 Å². The molecule has 0 bridgehead atoms. The van der Waals surface area contributed by atoms with Gasteiger partial charge in [-0.2, -0.15) is 11.8 Å². The number of hydrogen-bond acceptors (Lipinski definition) is 5. The fourth-order valence-electron chi connectivity index (χ4n) is 1.36. The number of carbonyl (C=O) groups is 2. The van der Waals surface area contributed by atoms with Crippen LogP contribution < -0.4 is 0 Å². The first kappa shape index (κ1) is 31.0. The molecule has 0 fully saturated rings. The normalized spacial score (nSPS) is 5.89. The van der Waals surface area contributed by atoms with Gasteiger partial charge in [-0.1, -0.05) is 11.8 Å². The molecule has 0 aromatic rings. The molecule has 172 valence electrons. The molecular weight excluding hydrogens is 480 g/mol. The molecule has 0 aromatic heterocycles. The third-order valence-electron chi connectivity index (χ3n) is 2.71. The minimum absolute atomic E-state index is 0.126. The molecule has 0 aliphatic carbocycles. The fourth-order valence-corrected chi connectivity index (χ4v) is 2.18. The average Bonchev–Trinajstić information content (AvgIpc) is 2.89. The predicted molar refractivity (Wildman–Crippen MR) is 143 cm³/mol. The minimum Gasteiger partial charge on any atom is -0.371 e. The van der Waals surface area contributed by atoms with Crippen molar-refractivity contribution >= 4 is 23.7 Å². The first-order chi connectivity index (χ1) is 18.2. The van der Waals surface area contributed by atoms with E-state index < -0.39 is 11.9 Å². The monoisotopic (exact) mass is 494 g/mol. The molecule has 0 aliphatic heterocycles. The molecule has 5 heteroatoms. The standard InChI is InChI=1S/C32H14O4S/c1-3-5-7-9-11-13-15-17-19-21-23-27-35-31(33)25-29-37-30-26-32(34)36-28-24-22-20-18-16-14-12-10-8-6-4-2/h25-26,29-30H2,1-2H3. The molecule has 0 heterocycles. The van der Waals surface area contributed by atoms with Gasteiger partial charge in [0.15, 0.2) is 0 Å². The molecule has 37 heavy (non-hydrogen) atoms. The van der Waals surface area contributed by atoms with Crippen LogP contribution in [0, 0.1) is 142 Å². The summed E-state index contributed by atoms with van der Waals surface area (Å²) in [6, 6.07) is 0. The summed E-state index contributed by atoms with van der Waals surface area (Å²) in [5.41, 5.74) is 0. The summed E-state index contributed by atoms with van der Waals surface area (Å²) in [5, 5.41) is 0. The van der Waals surface area contributed by atoms with E-state index >= 15 is 0 Å². The molecule has 0 saturated carbocycles. The van der Waals surface area contributed by atoms with Crippen molar-refractivity contribution < 1.29 is 19.1 Å². The van der Waals surface area contributed by atoms with Gasteiger partial charge in [0, 0.05) is 70.7 Å². The van der Waals surface area contributed by atoms with Crippen LogP contribution in [-0.2, 0) is 19.1 Å². The zero-order chi connectivity index (χ0) is 27.1. The highest BCUT2D eigenvalue weighted by molar-refractivity contribution is 7.99. The van der Waals surface area contributed by atoms with Gasteiger partial charge in [0.25, 0.3) is 0 Å². The average molecular weight is 495 g/mol. The number of carbonyl (C=O) groups excluding carboxylic acids is 2. The summed E-state index contributed by atoms with van der Waals surface area (Å²) in [4.78, 5) is 23.1. The lowest BCUT2D eigenvalue weighted by Gasteiger charge is -1.98. The van der Waals surface area contributed by atoms with Crippen LogP contribution in [0.25, 0.3) is 0 Å². The summed E-state index contributed by atoms with van der Waals surface area (Å²) in [5.74, 6) is 54.3. The molecule has 0 radical (unpaired) electrons. The van der Waals surface area contributed by atoms with Crippen LogP contribution in [0.4, 0.5) is 0 Å². The molecular formula is C32H14O4S. The van der Waals surface area contributed by atoms with Crippen LogP contribution in [0.3, 0.4) is 0 Å². The second-order valence-electron chi connectivity index (χ2n) is 5.26. The Labute approximate surface area is 223 Å². The van der Waals surface area contributed by atoms with Gasteiger partial charge in [0.2, 0.25) is 0 Å². The van der Waals surface area contributed by atoms with Crippen molar-refractivity contribution in [2.75, 3.05) is 11.5 Å². The van der Waals surface area contributed by atoms with Gasteiger partial charge in [-0.25, -0.2) is 0 Å². The van der Waals surface area contributed by atoms with Gasteiger partial charge in [-0.3, -0.25) is 9.59 Å². The second kappa shape index (κ2) is 26.3. The summed E-state index contributed by atoms with van der Waals surface area (Å²) >= 11 is 1.38. The second-order valence-corrected chi connectivity index (χ2v) is 6.49. The third kappa shape index (κ3) is 26.1. The number of ether oxygens (including phenoxy) is 2. The fraction of sp³-hybridized carbons (Fsp3) is 0.188. The molecule has 0 N–H and O–H groups in total. The summed E-state index contributed by atoms with van der Waals surface area (Å²) in [6.45, 7) is 3.35. The molecule has 0 aliphatic rings. The van der Waals surface area contributed by atoms with Gasteiger partial charge in [-0.05, 0) is 73.1 Å². The highest BCUT2D eigenvalue weighted by Crippen LogP contribution is 2.05. The summed E-state index contributed by atoms with van der Waals surface area (Å²) in [6.07, 6.45) is 4.61. The Morgan fingerprint density at radius 1 is 0.459 bits per heavy atom. The highest BCUT2D eigenvalue weighted by atomic mass is 32.2. The van der Waals surface area contributed by atoms with Crippen molar-refractivity contribution in [2.45, 2.75) is 26.7 Å². The van der Waals surface area contributed by atoms with Crippen molar-refractivity contribution in [3.8, 4) is 142 Å². The number of esters is 2. The van der Waals surface area contributed by atoms with E-state index in [2.05, 4.69) is 142 Å². The Balaban J connectivity index is 4.04. The van der Waals surface area contributed by atoms with E-state index in [9.17, 15) is 9.59 Å². The lowest BCUT2D eigenvalue weighted by molar-refractivity contribution is -0.137. The van der Waals surface area contributed by atoms with Gasteiger partial charge < -0.3 is 9.47 Å². The van der Waals surface area contributed by atoms with E-state index in [1.807, 2.05) is 0 Å². The van der Waals surface area contributed by atoms with E-state index in [-0.39, 0.29) is 12.8 Å². The lowest BCUT2D eigenvalue weighted by Crippen LogP contribution is -2.04. The van der Waals surface area contributed by atoms with Crippen LogP contribution in [0.1, 0.15) is 26.7 Å². The van der Waals surface area contributed by atoms with E-state index in [1.165, 1.54) is 11.8 Å². The van der Waals surface area contributed by atoms with Crippen molar-refractivity contribution in [3.05, 3.63) is 0 Å². The third-order valence-corrected chi connectivity index (χ3v) is 3.69. The molecule has 0 amide bonds. The molecule has 0 saturated heterocycles. The molecule has 0 atom stereocenters. The van der Waals surface area contributed by atoms with Crippen LogP contribution >= 0.6 is 11.8 Å². The number of rotatable bonds is 6. The van der Waals surface area contributed by atoms with E-state index in [4.69, 9.17) is 9.47 Å². The first-order valence-corrected chi connectivity index (χ1v) is 11.2. The largest absolute Gasteiger partial charge is 0.371 e. The summed E-state index contributed by atoms with van der Waals surface area (Å²) in [7, 11) is 0. The van der Waals surface area contributed by atoms with Crippen LogP contribution in [0.2, 0.25) is 0 Å². The van der Waals surface area contributed by atoms with E-state index in [0.717, 1.165) is 0 Å². The number of thioether (sulfide) groups is 1. The molecule has 0 rings (SSSR count). The Morgan fingerprint density at radius 3 is 1.03 bits per heavy atom. The summed E-state index contributed by atoms with van der Waals surface area (Å²) < 4.78 is 9.41. The lowest BCUT2D eigenvalue weighted by atomic mass is 10.5. The predicted octanol–water partition coefficient (Wildman–Crippen LogP) is 1.58. The van der Waals surface area contributed by atoms with Crippen LogP contribution in [-0.4, -0.2) is 23.4 Å². The van der Waals surface area contributed by atoms with Gasteiger partial charge >= 0.3 is 11.9 Å². The first-order valence-electron chi connectivity index (χ1n) is 10.0. The maximum atomic E-state index is 11.6. The zero-order valence-corrected chi connectivity index (χ0v) is 20.7. The maximum absolute atomic E-state index is 11.6. The van der Waals surface area contributed by atoms with Crippen molar-refractivity contribution in [1.82, 2.24) is 0 Å². The molecule has 4 nitrogen and oxygen atoms in total. The van der Waals surface area contributed by atoms with Crippen LogP contribution in [0.5, 0.6) is 0 Å². The Bertz CT molecular complexity index is 1490. The SMILES string of the molecule is CC#CC#CC#CC#CC#CC#COC(=O)CCSCCC(=O)OC#CC#CC#CC#CC#CC#CC. The molecule has 0 spiro atoms. The zero-order valence-electron chi connectivity index (χ0n) is 19.9. The highest BCUT2D eigenvalue weighted by Gasteiger charge is 2.04. The van der Waals surface area contributed by atoms with Gasteiger partial charge in [-0.15, -0.1) is 0 Å². The Morgan fingerprint density at radius 2 is 0.730 bits per heavy atom. The molecule has 0 aromatic carbocycles. The van der Waals surface area contributed by atoms with Crippen molar-refractivity contribution in [2.24, 2.45) is 0 Å². The quantitative estimate of drug-likeness (QED) is 0.319. The Kier molecular flexibility index (Phi) is 22.0. The smallest absolute Gasteiger partial charge is 0.320 e. The van der Waals surface area contributed by atoms with E-state index in [1.54, 1.807) is 13.8 Å². The van der Waals surface area contributed by atoms with Crippen LogP contribution in [0.15, 0.2) is 0 Å². The molecule has 0 unspecified atom stereocenters. The maximum Gasteiger partial charge on any atom is 0.320 e. The van der Waals surface area contributed by atoms with Crippen molar-refractivity contribution in [3.63, 3.8) is 0 Å². The Hall–Kier alpha value is -5.99. The topological polar surface area (TPSA) is 52.6 Å². The van der Waals surface area contributed by atoms with Gasteiger partial charge in [0.05, 0.1) is 12.8 Å². The minimum atomic E-state index is -0.507. The number of hydrogen-bond donors (Lipinski definition) is 0. The van der Waals surface area contributed by atoms with Gasteiger partial charge in [0.1, 0.15) is 12.2 Å². The van der Waals surface area contributed by atoms with Crippen molar-refractivity contribution in [1.29, 1.82) is 0 Å².